The molecule has 1 aliphatic carbocycles. The number of hydrogen-bond acceptors (Lipinski definition) is 5. The van der Waals surface area contributed by atoms with E-state index in [1.807, 2.05) is 6.92 Å². The third-order valence-corrected chi connectivity index (χ3v) is 4.15. The van der Waals surface area contributed by atoms with E-state index in [1.54, 1.807) is 0 Å². The third-order valence-electron chi connectivity index (χ3n) is 4.15. The fraction of sp³-hybridized carbons (Fsp3) is 0.929. The summed E-state index contributed by atoms with van der Waals surface area (Å²) >= 11 is 0. The van der Waals surface area contributed by atoms with Crippen LogP contribution in [0.25, 0.3) is 0 Å². The van der Waals surface area contributed by atoms with Gasteiger partial charge in [0.25, 0.3) is 0 Å². The Morgan fingerprint density at radius 1 is 1.32 bits per heavy atom. The summed E-state index contributed by atoms with van der Waals surface area (Å²) in [6, 6.07) is 0.345. The summed E-state index contributed by atoms with van der Waals surface area (Å²) in [5, 5.41) is 3.42. The number of rotatable bonds is 6. The molecule has 3 rings (SSSR count). The molecule has 0 aromatic rings. The zero-order valence-corrected chi connectivity index (χ0v) is 11.6. The molecule has 1 N–H and O–H groups in total. The Balaban J connectivity index is 1.55. The summed E-state index contributed by atoms with van der Waals surface area (Å²) in [6.07, 6.45) is 5.46. The summed E-state index contributed by atoms with van der Waals surface area (Å²) in [5.74, 6) is -0.103. The second kappa shape index (κ2) is 5.77. The van der Waals surface area contributed by atoms with Gasteiger partial charge in [-0.05, 0) is 32.6 Å². The molecule has 0 aromatic heterocycles. The number of nitrogens with zero attached hydrogens (tertiary/aromatic N) is 1. The standard InChI is InChI=1S/C14H24N2O3/c1-2-18-14(17)13(15-10-3-4-10)9-16-7-11-5-6-12(8-16)19-11/h10-13,15H,2-9H2,1H3. The minimum Gasteiger partial charge on any atom is -0.465 e. The second-order valence-electron chi connectivity index (χ2n) is 5.92. The molecule has 0 spiro atoms. The molecule has 3 unspecified atom stereocenters. The predicted molar refractivity (Wildman–Crippen MR) is 70.9 cm³/mol. The van der Waals surface area contributed by atoms with Gasteiger partial charge in [-0.25, -0.2) is 0 Å². The molecule has 3 fully saturated rings. The van der Waals surface area contributed by atoms with Gasteiger partial charge in [-0.1, -0.05) is 0 Å². The molecule has 3 aliphatic rings. The van der Waals surface area contributed by atoms with Gasteiger partial charge in [-0.2, -0.15) is 0 Å². The maximum atomic E-state index is 12.0. The topological polar surface area (TPSA) is 50.8 Å². The van der Waals surface area contributed by atoms with E-state index < -0.39 is 0 Å². The lowest BCUT2D eigenvalue weighted by Crippen LogP contribution is -2.52. The number of hydrogen-bond donors (Lipinski definition) is 1. The monoisotopic (exact) mass is 268 g/mol. The maximum Gasteiger partial charge on any atom is 0.324 e. The van der Waals surface area contributed by atoms with E-state index in [0.29, 0.717) is 24.9 Å². The fourth-order valence-electron chi connectivity index (χ4n) is 3.08. The van der Waals surface area contributed by atoms with Crippen molar-refractivity contribution in [1.29, 1.82) is 0 Å². The highest BCUT2D eigenvalue weighted by molar-refractivity contribution is 5.76. The van der Waals surface area contributed by atoms with E-state index >= 15 is 0 Å². The smallest absolute Gasteiger partial charge is 0.324 e. The minimum atomic E-state index is -0.176. The zero-order valence-electron chi connectivity index (χ0n) is 11.6. The van der Waals surface area contributed by atoms with Crippen LogP contribution < -0.4 is 5.32 Å². The lowest BCUT2D eigenvalue weighted by molar-refractivity contribution is -0.147. The van der Waals surface area contributed by atoms with Crippen LogP contribution in [0.1, 0.15) is 32.6 Å². The normalized spacial score (nSPS) is 32.3. The average molecular weight is 268 g/mol. The van der Waals surface area contributed by atoms with Gasteiger partial charge >= 0.3 is 5.97 Å². The van der Waals surface area contributed by atoms with Crippen LogP contribution in [0.2, 0.25) is 0 Å². The fourth-order valence-corrected chi connectivity index (χ4v) is 3.08. The molecule has 2 heterocycles. The van der Waals surface area contributed by atoms with Gasteiger partial charge in [-0.15, -0.1) is 0 Å². The van der Waals surface area contributed by atoms with Gasteiger partial charge in [0.1, 0.15) is 6.04 Å². The molecular weight excluding hydrogens is 244 g/mol. The second-order valence-corrected chi connectivity index (χ2v) is 5.92. The highest BCUT2D eigenvalue weighted by Gasteiger charge is 2.37. The van der Waals surface area contributed by atoms with Crippen molar-refractivity contribution in [1.82, 2.24) is 10.2 Å². The summed E-state index contributed by atoms with van der Waals surface area (Å²) in [5.41, 5.74) is 0. The molecule has 0 aromatic carbocycles. The van der Waals surface area contributed by atoms with Crippen LogP contribution in [0.5, 0.6) is 0 Å². The van der Waals surface area contributed by atoms with Crippen molar-refractivity contribution in [3.63, 3.8) is 0 Å². The van der Waals surface area contributed by atoms with E-state index in [0.717, 1.165) is 19.6 Å². The molecule has 2 aliphatic heterocycles. The molecule has 1 saturated carbocycles. The number of carbonyl (C=O) groups excluding carboxylic acids is 1. The molecule has 0 radical (unpaired) electrons. The first kappa shape index (κ1) is 13.3. The van der Waals surface area contributed by atoms with Crippen LogP contribution in [0, 0.1) is 0 Å². The first-order valence-corrected chi connectivity index (χ1v) is 7.55. The first-order chi connectivity index (χ1) is 9.24. The molecule has 5 nitrogen and oxygen atoms in total. The van der Waals surface area contributed by atoms with Gasteiger partial charge < -0.3 is 14.8 Å². The van der Waals surface area contributed by atoms with Gasteiger partial charge in [-0.3, -0.25) is 9.69 Å². The molecule has 0 amide bonds. The number of ether oxygens (including phenoxy) is 2. The Hall–Kier alpha value is -0.650. The lowest BCUT2D eigenvalue weighted by atomic mass is 10.2. The van der Waals surface area contributed by atoms with Crippen LogP contribution in [-0.4, -0.2) is 61.4 Å². The number of carbonyl (C=O) groups is 1. The predicted octanol–water partition coefficient (Wildman–Crippen LogP) is 0.533. The van der Waals surface area contributed by atoms with Crippen LogP contribution in [0.4, 0.5) is 0 Å². The summed E-state index contributed by atoms with van der Waals surface area (Å²) in [4.78, 5) is 14.4. The highest BCUT2D eigenvalue weighted by atomic mass is 16.5. The van der Waals surface area contributed by atoms with Crippen molar-refractivity contribution >= 4 is 5.97 Å². The van der Waals surface area contributed by atoms with Crippen LogP contribution in [-0.2, 0) is 14.3 Å². The van der Waals surface area contributed by atoms with Gasteiger partial charge in [0.05, 0.1) is 18.8 Å². The van der Waals surface area contributed by atoms with E-state index in [1.165, 1.54) is 25.7 Å². The molecule has 2 bridgehead atoms. The van der Waals surface area contributed by atoms with Crippen molar-refractivity contribution in [2.24, 2.45) is 0 Å². The Morgan fingerprint density at radius 2 is 2.00 bits per heavy atom. The van der Waals surface area contributed by atoms with E-state index in [4.69, 9.17) is 9.47 Å². The molecule has 19 heavy (non-hydrogen) atoms. The maximum absolute atomic E-state index is 12.0. The SMILES string of the molecule is CCOC(=O)C(CN1CC2CCC(C1)O2)NC1CC1. The van der Waals surface area contributed by atoms with Crippen LogP contribution in [0.3, 0.4) is 0 Å². The van der Waals surface area contributed by atoms with Crippen molar-refractivity contribution in [2.75, 3.05) is 26.2 Å². The molecular formula is C14H24N2O3. The summed E-state index contributed by atoms with van der Waals surface area (Å²) in [6.45, 7) is 4.99. The number of esters is 1. The van der Waals surface area contributed by atoms with Crippen molar-refractivity contribution in [3.8, 4) is 0 Å². The Bertz CT molecular complexity index is 321. The number of fused-ring (bicyclic) bond motifs is 2. The number of nitrogens with one attached hydrogen (secondary N) is 1. The average Bonchev–Trinajstić information content (AvgIpc) is 3.14. The number of likely N-dealkylation sites (tertiary alicyclic amines) is 1. The highest BCUT2D eigenvalue weighted by Crippen LogP contribution is 2.26. The third kappa shape index (κ3) is 3.46. The Labute approximate surface area is 114 Å². The van der Waals surface area contributed by atoms with Gasteiger partial charge in [0.15, 0.2) is 0 Å². The summed E-state index contributed by atoms with van der Waals surface area (Å²) in [7, 11) is 0. The largest absolute Gasteiger partial charge is 0.465 e. The molecule has 3 atom stereocenters. The van der Waals surface area contributed by atoms with E-state index in [-0.39, 0.29) is 12.0 Å². The molecule has 5 heteroatoms. The van der Waals surface area contributed by atoms with E-state index in [2.05, 4.69) is 10.2 Å². The van der Waals surface area contributed by atoms with Crippen LogP contribution in [0.15, 0.2) is 0 Å². The summed E-state index contributed by atoms with van der Waals surface area (Å²) < 4.78 is 11.0. The number of morpholine rings is 1. The van der Waals surface area contributed by atoms with Gasteiger partial charge in [0.2, 0.25) is 0 Å². The molecule has 2 saturated heterocycles. The van der Waals surface area contributed by atoms with Crippen molar-refractivity contribution in [2.45, 2.75) is 56.9 Å². The van der Waals surface area contributed by atoms with E-state index in [9.17, 15) is 4.79 Å². The Morgan fingerprint density at radius 3 is 2.58 bits per heavy atom. The zero-order chi connectivity index (χ0) is 13.2. The quantitative estimate of drug-likeness (QED) is 0.712. The Kier molecular flexibility index (Phi) is 4.05. The lowest BCUT2D eigenvalue weighted by Gasteiger charge is -2.34. The van der Waals surface area contributed by atoms with Gasteiger partial charge in [0, 0.05) is 25.7 Å². The first-order valence-electron chi connectivity index (χ1n) is 7.55. The van der Waals surface area contributed by atoms with Crippen LogP contribution >= 0.6 is 0 Å². The molecule has 108 valence electrons. The minimum absolute atomic E-state index is 0.103. The van der Waals surface area contributed by atoms with Crippen molar-refractivity contribution < 1.29 is 14.3 Å². The van der Waals surface area contributed by atoms with Crippen molar-refractivity contribution in [3.05, 3.63) is 0 Å².